The quantitative estimate of drug-likeness (QED) is 0.164. The van der Waals surface area contributed by atoms with Gasteiger partial charge in [0.05, 0.1) is 11.0 Å². The summed E-state index contributed by atoms with van der Waals surface area (Å²) in [6.07, 6.45) is 2.43. The fourth-order valence-electron chi connectivity index (χ4n) is 6.65. The summed E-state index contributed by atoms with van der Waals surface area (Å²) in [5, 5.41) is 17.0. The van der Waals surface area contributed by atoms with Crippen molar-refractivity contribution in [2.75, 3.05) is 11.4 Å². The van der Waals surface area contributed by atoms with Crippen LogP contribution in [0.2, 0.25) is 0 Å². The Labute approximate surface area is 294 Å². The fourth-order valence-corrected chi connectivity index (χ4v) is 6.65. The maximum Gasteiger partial charge on any atom is 0.407 e. The molecular weight excluding hydrogens is 650 g/mol. The number of aryl methyl sites for hydroxylation is 1. The molecule has 14 nitrogen and oxygen atoms in total. The molecule has 5 N–H and O–H groups in total. The third kappa shape index (κ3) is 8.17. The number of amides is 3. The Morgan fingerprint density at radius 1 is 0.980 bits per heavy atom. The number of tetrazole rings is 1. The SMILES string of the molecule is Cn1c(=O)[nH]c2ccc(-c3ccc(C[C@@H](C(N)=O)N(C(=O)C4CCC(CNC(=O)OC(C)(C)C)CC4)c4ccc(-c5nn[nH]n5)cc4)cc3)cc21. The zero-order chi connectivity index (χ0) is 36.3. The number of alkyl carbamates (subject to hydrolysis) is 1. The van der Waals surface area contributed by atoms with Crippen LogP contribution in [0.25, 0.3) is 33.5 Å². The lowest BCUT2D eigenvalue weighted by atomic mass is 9.81. The number of fused-ring (bicyclic) bond motifs is 1. The summed E-state index contributed by atoms with van der Waals surface area (Å²) in [5.41, 5.74) is 10.8. The summed E-state index contributed by atoms with van der Waals surface area (Å²) in [7, 11) is 1.72. The van der Waals surface area contributed by atoms with Gasteiger partial charge in [-0.1, -0.05) is 30.3 Å². The molecule has 266 valence electrons. The number of benzene rings is 3. The van der Waals surface area contributed by atoms with Crippen LogP contribution >= 0.6 is 0 Å². The summed E-state index contributed by atoms with van der Waals surface area (Å²) in [5.74, 6) is -0.515. The predicted molar refractivity (Wildman–Crippen MR) is 192 cm³/mol. The zero-order valence-corrected chi connectivity index (χ0v) is 29.2. The molecule has 1 aliphatic carbocycles. The van der Waals surface area contributed by atoms with Gasteiger partial charge in [0.2, 0.25) is 17.6 Å². The number of H-pyrrole nitrogens is 2. The van der Waals surface area contributed by atoms with Crippen molar-refractivity contribution in [3.8, 4) is 22.5 Å². The first kappa shape index (κ1) is 35.1. The molecule has 6 rings (SSSR count). The molecule has 14 heteroatoms. The minimum Gasteiger partial charge on any atom is -0.444 e. The monoisotopic (exact) mass is 693 g/mol. The summed E-state index contributed by atoms with van der Waals surface area (Å²) in [6, 6.07) is 19.7. The van der Waals surface area contributed by atoms with Gasteiger partial charge >= 0.3 is 11.8 Å². The molecule has 0 saturated heterocycles. The molecule has 2 aromatic heterocycles. The molecule has 2 heterocycles. The van der Waals surface area contributed by atoms with Gasteiger partial charge in [0.25, 0.3) is 0 Å². The average Bonchev–Trinajstić information content (AvgIpc) is 3.75. The molecule has 1 saturated carbocycles. The van der Waals surface area contributed by atoms with Crippen LogP contribution in [0.5, 0.6) is 0 Å². The maximum atomic E-state index is 14.4. The van der Waals surface area contributed by atoms with E-state index in [1.807, 2.05) is 63.2 Å². The van der Waals surface area contributed by atoms with Gasteiger partial charge in [-0.2, -0.15) is 5.21 Å². The third-order valence-electron chi connectivity index (χ3n) is 9.38. The van der Waals surface area contributed by atoms with Gasteiger partial charge in [-0.15, -0.1) is 10.2 Å². The minimum absolute atomic E-state index is 0.174. The Morgan fingerprint density at radius 2 is 1.65 bits per heavy atom. The number of anilines is 1. The van der Waals surface area contributed by atoms with Crippen molar-refractivity contribution in [3.05, 3.63) is 82.8 Å². The number of aromatic amines is 2. The van der Waals surface area contributed by atoms with Crippen molar-refractivity contribution in [2.24, 2.45) is 24.6 Å². The number of carbonyl (C=O) groups is 3. The Hall–Kier alpha value is -5.79. The van der Waals surface area contributed by atoms with Crippen LogP contribution in [0.1, 0.15) is 52.0 Å². The van der Waals surface area contributed by atoms with E-state index in [9.17, 15) is 19.2 Å². The topological polar surface area (TPSA) is 194 Å². The van der Waals surface area contributed by atoms with Crippen molar-refractivity contribution >= 4 is 34.6 Å². The summed E-state index contributed by atoms with van der Waals surface area (Å²) in [4.78, 5) is 56.3. The predicted octanol–water partition coefficient (Wildman–Crippen LogP) is 4.47. The number of nitrogens with one attached hydrogen (secondary N) is 3. The number of imidazole rings is 1. The van der Waals surface area contributed by atoms with E-state index in [1.165, 1.54) is 0 Å². The van der Waals surface area contributed by atoms with Crippen molar-refractivity contribution in [2.45, 2.75) is 64.5 Å². The van der Waals surface area contributed by atoms with E-state index >= 15 is 0 Å². The smallest absolute Gasteiger partial charge is 0.407 e. The van der Waals surface area contributed by atoms with Crippen LogP contribution in [0.15, 0.2) is 71.5 Å². The highest BCUT2D eigenvalue weighted by atomic mass is 16.6. The molecule has 1 atom stereocenters. The highest BCUT2D eigenvalue weighted by Gasteiger charge is 2.36. The second-order valence-electron chi connectivity index (χ2n) is 14.1. The van der Waals surface area contributed by atoms with Crippen LogP contribution in [-0.2, 0) is 27.8 Å². The van der Waals surface area contributed by atoms with Gasteiger partial charge in [0.1, 0.15) is 11.6 Å². The maximum absolute atomic E-state index is 14.4. The van der Waals surface area contributed by atoms with Gasteiger partial charge in [0.15, 0.2) is 0 Å². The fraction of sp³-hybridized carbons (Fsp3) is 0.378. The Bertz CT molecular complexity index is 2050. The lowest BCUT2D eigenvalue weighted by Crippen LogP contribution is -2.52. The molecule has 1 aliphatic rings. The van der Waals surface area contributed by atoms with Crippen LogP contribution in [0.4, 0.5) is 10.5 Å². The number of ether oxygens (including phenoxy) is 1. The highest BCUT2D eigenvalue weighted by Crippen LogP contribution is 2.33. The summed E-state index contributed by atoms with van der Waals surface area (Å²) >= 11 is 0. The van der Waals surface area contributed by atoms with E-state index in [1.54, 1.807) is 40.8 Å². The first-order chi connectivity index (χ1) is 24.4. The minimum atomic E-state index is -0.961. The van der Waals surface area contributed by atoms with Crippen LogP contribution in [0.3, 0.4) is 0 Å². The molecular formula is C37H43N9O5. The van der Waals surface area contributed by atoms with E-state index in [0.717, 1.165) is 40.6 Å². The zero-order valence-electron chi connectivity index (χ0n) is 29.2. The highest BCUT2D eigenvalue weighted by molar-refractivity contribution is 6.02. The largest absolute Gasteiger partial charge is 0.444 e. The standard InChI is InChI=1S/C37H43N9O5/c1-37(2,3)51-36(50)39-21-23-7-11-26(12-8-23)34(48)46(28-16-13-25(14-17-28)33-41-43-44-42-33)31(32(38)47)19-22-5-9-24(10-6-22)27-15-18-29-30(20-27)45(4)35(49)40-29/h5-6,9-10,13-18,20,23,26,31H,7-8,11-12,19,21H2,1-4H3,(H2,38,47)(H,39,50)(H,40,49)(H,41,42,43,44)/t23?,26?,31-/m0/s1. The molecule has 3 aromatic carbocycles. The van der Waals surface area contributed by atoms with Gasteiger partial charge in [-0.05, 0) is 111 Å². The number of primary amides is 1. The van der Waals surface area contributed by atoms with E-state index in [-0.39, 0.29) is 29.9 Å². The number of rotatable bonds is 10. The molecule has 0 spiro atoms. The molecule has 5 aromatic rings. The van der Waals surface area contributed by atoms with E-state index < -0.39 is 23.6 Å². The number of hydrogen-bond acceptors (Lipinski definition) is 8. The van der Waals surface area contributed by atoms with Crippen molar-refractivity contribution in [1.29, 1.82) is 0 Å². The molecule has 0 radical (unpaired) electrons. The van der Waals surface area contributed by atoms with Gasteiger partial charge < -0.3 is 20.8 Å². The van der Waals surface area contributed by atoms with E-state index in [4.69, 9.17) is 10.5 Å². The number of aromatic nitrogens is 6. The average molecular weight is 694 g/mol. The third-order valence-corrected chi connectivity index (χ3v) is 9.38. The van der Waals surface area contributed by atoms with Crippen molar-refractivity contribution in [1.82, 2.24) is 35.5 Å². The van der Waals surface area contributed by atoms with Gasteiger partial charge in [-0.25, -0.2) is 9.59 Å². The molecule has 1 fully saturated rings. The lowest BCUT2D eigenvalue weighted by Gasteiger charge is -2.36. The first-order valence-electron chi connectivity index (χ1n) is 17.1. The second kappa shape index (κ2) is 14.6. The second-order valence-corrected chi connectivity index (χ2v) is 14.1. The Balaban J connectivity index is 1.21. The number of nitrogens with zero attached hydrogens (tertiary/aromatic N) is 5. The number of nitrogens with two attached hydrogens (primary N) is 1. The van der Waals surface area contributed by atoms with Gasteiger partial charge in [-0.3, -0.25) is 19.1 Å². The normalized spacial score (nSPS) is 16.8. The van der Waals surface area contributed by atoms with Crippen LogP contribution in [-0.4, -0.2) is 66.3 Å². The molecule has 3 amide bonds. The van der Waals surface area contributed by atoms with E-state index in [0.29, 0.717) is 36.5 Å². The van der Waals surface area contributed by atoms with E-state index in [2.05, 4.69) is 30.9 Å². The molecule has 51 heavy (non-hydrogen) atoms. The number of carbonyl (C=O) groups excluding carboxylic acids is 3. The molecule has 0 unspecified atom stereocenters. The summed E-state index contributed by atoms with van der Waals surface area (Å²) in [6.45, 7) is 5.92. The summed E-state index contributed by atoms with van der Waals surface area (Å²) < 4.78 is 6.94. The number of hydrogen-bond donors (Lipinski definition) is 4. The first-order valence-corrected chi connectivity index (χ1v) is 17.1. The van der Waals surface area contributed by atoms with Crippen molar-refractivity contribution in [3.63, 3.8) is 0 Å². The molecule has 0 bridgehead atoms. The Morgan fingerprint density at radius 3 is 2.27 bits per heavy atom. The van der Waals surface area contributed by atoms with Crippen LogP contribution in [0, 0.1) is 11.8 Å². The van der Waals surface area contributed by atoms with Crippen molar-refractivity contribution < 1.29 is 19.1 Å². The van der Waals surface area contributed by atoms with Crippen LogP contribution < -0.4 is 21.6 Å². The van der Waals surface area contributed by atoms with Gasteiger partial charge in [0, 0.05) is 37.2 Å². The lowest BCUT2D eigenvalue weighted by molar-refractivity contribution is -0.127. The molecule has 0 aliphatic heterocycles. The Kier molecular flexibility index (Phi) is 10.0.